The standard InChI is InChI=1S/C45H32S/c1-45(2)40-9-5-3-7-35(40)36-21-20-34(26-41(36)45)32-18-16-29-23-31(17-15-30(29)24-32)33-14-12-27-11-13-28-19-22-38-37-8-4-6-10-42(37)46-44(38)43(28)39(27)25-33/h3,5-7,9-15,17,19-21,23-26,38H,16,18,22H2,1-2H3. The largest absolute Gasteiger partial charge is 0.0922 e. The quantitative estimate of drug-likeness (QED) is 0.190. The molecular formula is C45H32S. The van der Waals surface area contributed by atoms with Crippen LogP contribution >= 0.6 is 11.8 Å². The van der Waals surface area contributed by atoms with Gasteiger partial charge in [-0.2, -0.15) is 0 Å². The molecule has 0 fully saturated rings. The number of rotatable bonds is 2. The van der Waals surface area contributed by atoms with Gasteiger partial charge >= 0.3 is 0 Å². The Labute approximate surface area is 274 Å². The highest BCUT2D eigenvalue weighted by Crippen LogP contribution is 2.51. The van der Waals surface area contributed by atoms with Crippen molar-refractivity contribution in [2.24, 2.45) is 0 Å². The molecule has 10 rings (SSSR count). The Morgan fingerprint density at radius 2 is 1.59 bits per heavy atom. The zero-order valence-corrected chi connectivity index (χ0v) is 26.9. The highest BCUT2D eigenvalue weighted by atomic mass is 32.2. The second-order valence-electron chi connectivity index (χ2n) is 13.8. The second kappa shape index (κ2) is 9.62. The Hall–Kier alpha value is -4.77. The molecule has 0 saturated carbocycles. The number of hydrogen-bond donors (Lipinski definition) is 0. The van der Waals surface area contributed by atoms with E-state index in [2.05, 4.69) is 135 Å². The highest BCUT2D eigenvalue weighted by Gasteiger charge is 2.35. The fourth-order valence-electron chi connectivity index (χ4n) is 8.52. The van der Waals surface area contributed by atoms with E-state index >= 15 is 0 Å². The minimum Gasteiger partial charge on any atom is -0.0922 e. The lowest BCUT2D eigenvalue weighted by atomic mass is 9.80. The first-order chi connectivity index (χ1) is 22.5. The first-order valence-electron chi connectivity index (χ1n) is 16.5. The van der Waals surface area contributed by atoms with Crippen molar-refractivity contribution in [1.82, 2.24) is 0 Å². The molecule has 0 spiro atoms. The van der Waals surface area contributed by atoms with Gasteiger partial charge in [0.1, 0.15) is 0 Å². The lowest BCUT2D eigenvalue weighted by molar-refractivity contribution is 0.660. The molecule has 1 heteroatoms. The Morgan fingerprint density at radius 3 is 2.54 bits per heavy atom. The van der Waals surface area contributed by atoms with Crippen LogP contribution in [-0.4, -0.2) is 0 Å². The van der Waals surface area contributed by atoms with Crippen molar-refractivity contribution in [3.8, 4) is 22.3 Å². The molecular weight excluding hydrogens is 573 g/mol. The van der Waals surface area contributed by atoms with Crippen molar-refractivity contribution in [2.45, 2.75) is 49.3 Å². The summed E-state index contributed by atoms with van der Waals surface area (Å²) in [5.74, 6) is 0.399. The van der Waals surface area contributed by atoms with Gasteiger partial charge in [-0.1, -0.05) is 129 Å². The van der Waals surface area contributed by atoms with Crippen molar-refractivity contribution in [2.75, 3.05) is 0 Å². The minimum absolute atomic E-state index is 0.0258. The third-order valence-electron chi connectivity index (χ3n) is 11.0. The van der Waals surface area contributed by atoms with E-state index in [0.717, 1.165) is 19.3 Å². The predicted molar refractivity (Wildman–Crippen MR) is 194 cm³/mol. The van der Waals surface area contributed by atoms with E-state index in [1.165, 1.54) is 92.2 Å². The molecule has 1 unspecified atom stereocenters. The summed E-state index contributed by atoms with van der Waals surface area (Å²) in [6, 6.07) is 45.7. The summed E-state index contributed by atoms with van der Waals surface area (Å²) in [6.07, 6.45) is 8.03. The number of aryl methyl sites for hydroxylation is 1. The monoisotopic (exact) mass is 604 g/mol. The van der Waals surface area contributed by atoms with E-state index < -0.39 is 0 Å². The molecule has 0 N–H and O–H groups in total. The van der Waals surface area contributed by atoms with E-state index in [-0.39, 0.29) is 5.41 Å². The van der Waals surface area contributed by atoms with Gasteiger partial charge in [0.15, 0.2) is 0 Å². The van der Waals surface area contributed by atoms with Gasteiger partial charge in [-0.25, -0.2) is 0 Å². The van der Waals surface area contributed by atoms with Crippen molar-refractivity contribution in [1.29, 1.82) is 0 Å². The van der Waals surface area contributed by atoms with Crippen molar-refractivity contribution < 1.29 is 0 Å². The summed E-state index contributed by atoms with van der Waals surface area (Å²) < 4.78 is 0. The van der Waals surface area contributed by atoms with Crippen LogP contribution in [0.2, 0.25) is 0 Å². The molecule has 6 aromatic carbocycles. The predicted octanol–water partition coefficient (Wildman–Crippen LogP) is 10.1. The zero-order chi connectivity index (χ0) is 30.6. The molecule has 46 heavy (non-hydrogen) atoms. The summed E-state index contributed by atoms with van der Waals surface area (Å²) in [7, 11) is 0. The molecule has 0 aromatic heterocycles. The van der Waals surface area contributed by atoms with Gasteiger partial charge in [0.2, 0.25) is 0 Å². The number of hydrogen-bond acceptors (Lipinski definition) is 1. The summed E-state index contributed by atoms with van der Waals surface area (Å²) in [4.78, 5) is 2.82. The molecule has 1 heterocycles. The van der Waals surface area contributed by atoms with E-state index in [1.54, 1.807) is 0 Å². The topological polar surface area (TPSA) is 0 Å². The van der Waals surface area contributed by atoms with Gasteiger partial charge in [-0.3, -0.25) is 0 Å². The maximum absolute atomic E-state index is 3.43. The first kappa shape index (κ1) is 26.4. The number of thioether (sulfide) groups is 1. The third kappa shape index (κ3) is 3.78. The van der Waals surface area contributed by atoms with E-state index in [1.807, 2.05) is 17.8 Å². The average Bonchev–Trinajstić information content (AvgIpc) is 3.59. The van der Waals surface area contributed by atoms with Gasteiger partial charge in [-0.15, -0.1) is 0 Å². The maximum atomic E-state index is 3.43. The SMILES string of the molecule is CC1(C)c2ccccc2-c2ccc(C3=Cc4ccc(-c5ccc6ccc7c(c6c5)=C5Sc6ccc#cc6C5CC=7)cc4CC3)cc21. The molecule has 1 atom stereocenters. The van der Waals surface area contributed by atoms with Crippen LogP contribution in [0.25, 0.3) is 55.7 Å². The van der Waals surface area contributed by atoms with Crippen molar-refractivity contribution in [3.63, 3.8) is 0 Å². The van der Waals surface area contributed by atoms with Crippen LogP contribution < -0.4 is 10.4 Å². The summed E-state index contributed by atoms with van der Waals surface area (Å²) in [5, 5.41) is 5.44. The number of fused-ring (bicyclic) bond motifs is 10. The molecule has 0 nitrogen and oxygen atoms in total. The first-order valence-corrected chi connectivity index (χ1v) is 17.3. The Balaban J connectivity index is 1.03. The molecule has 0 saturated heterocycles. The van der Waals surface area contributed by atoms with Gasteiger partial charge in [-0.05, 0) is 120 Å². The highest BCUT2D eigenvalue weighted by molar-refractivity contribution is 8.08. The molecule has 218 valence electrons. The van der Waals surface area contributed by atoms with Crippen LogP contribution in [0.1, 0.15) is 66.0 Å². The van der Waals surface area contributed by atoms with E-state index in [4.69, 9.17) is 0 Å². The zero-order valence-electron chi connectivity index (χ0n) is 26.1. The smallest absolute Gasteiger partial charge is 0.0285 e. The van der Waals surface area contributed by atoms with Crippen LogP contribution in [0.15, 0.2) is 108 Å². The van der Waals surface area contributed by atoms with Crippen LogP contribution in [0.5, 0.6) is 0 Å². The Kier molecular flexibility index (Phi) is 5.53. The van der Waals surface area contributed by atoms with Crippen LogP contribution in [0, 0.1) is 12.1 Å². The molecule has 0 amide bonds. The van der Waals surface area contributed by atoms with Gasteiger partial charge in [0.25, 0.3) is 0 Å². The molecule has 1 aliphatic heterocycles. The van der Waals surface area contributed by atoms with Gasteiger partial charge in [0.05, 0.1) is 0 Å². The number of benzene rings is 5. The molecule has 0 bridgehead atoms. The summed E-state index contributed by atoms with van der Waals surface area (Å²) in [5.41, 5.74) is 15.2. The number of allylic oxidation sites excluding steroid dienone is 1. The minimum atomic E-state index is 0.0258. The Bertz CT molecular complexity index is 2450. The maximum Gasteiger partial charge on any atom is 0.0285 e. The third-order valence-corrected chi connectivity index (χ3v) is 12.3. The summed E-state index contributed by atoms with van der Waals surface area (Å²) in [6.45, 7) is 4.74. The Morgan fingerprint density at radius 1 is 0.761 bits per heavy atom. The van der Waals surface area contributed by atoms with Crippen LogP contribution in [0.3, 0.4) is 0 Å². The lowest BCUT2D eigenvalue weighted by Crippen LogP contribution is -2.31. The van der Waals surface area contributed by atoms with Crippen molar-refractivity contribution >= 4 is 45.2 Å². The average molecular weight is 605 g/mol. The molecule has 0 radical (unpaired) electrons. The summed E-state index contributed by atoms with van der Waals surface area (Å²) >= 11 is 1.94. The molecule has 3 aliphatic carbocycles. The normalized spacial score (nSPS) is 17.9. The molecule has 4 aliphatic rings. The fraction of sp³-hybridized carbons (Fsp3) is 0.156. The van der Waals surface area contributed by atoms with Crippen LogP contribution in [0.4, 0.5) is 0 Å². The lowest BCUT2D eigenvalue weighted by Gasteiger charge is -2.23. The van der Waals surface area contributed by atoms with Crippen LogP contribution in [-0.2, 0) is 11.8 Å². The fourth-order valence-corrected chi connectivity index (χ4v) is 9.88. The van der Waals surface area contributed by atoms with Gasteiger partial charge in [0, 0.05) is 26.7 Å². The van der Waals surface area contributed by atoms with E-state index in [9.17, 15) is 0 Å². The van der Waals surface area contributed by atoms with Gasteiger partial charge < -0.3 is 0 Å². The van der Waals surface area contributed by atoms with Crippen molar-refractivity contribution in [3.05, 3.63) is 159 Å². The van der Waals surface area contributed by atoms with E-state index in [0.29, 0.717) is 5.92 Å². The molecule has 6 aromatic rings. The second-order valence-corrected chi connectivity index (χ2v) is 14.9.